The van der Waals surface area contributed by atoms with Crippen LogP contribution in [0.1, 0.15) is 50.7 Å². The fraction of sp³-hybridized carbons (Fsp3) is 0.471. The Morgan fingerprint density at radius 2 is 2.00 bits per heavy atom. The van der Waals surface area contributed by atoms with Gasteiger partial charge in [-0.25, -0.2) is 0 Å². The summed E-state index contributed by atoms with van der Waals surface area (Å²) < 4.78 is 0. The number of rotatable bonds is 6. The maximum atomic E-state index is 10.4. The molecule has 106 valence electrons. The highest BCUT2D eigenvalue weighted by Crippen LogP contribution is 2.11. The van der Waals surface area contributed by atoms with Crippen molar-refractivity contribution in [3.05, 3.63) is 42.0 Å². The van der Waals surface area contributed by atoms with Gasteiger partial charge < -0.3 is 5.11 Å². The Balaban J connectivity index is 0.000000342. The molecule has 1 rings (SSSR count). The molecule has 1 aromatic carbocycles. The first-order valence-electron chi connectivity index (χ1n) is 6.97. The summed E-state index contributed by atoms with van der Waals surface area (Å²) in [4.78, 5) is 10.4. The second-order valence-electron chi connectivity index (χ2n) is 4.65. The molecule has 0 radical (unpaired) electrons. The highest BCUT2D eigenvalue weighted by molar-refractivity contribution is 5.69. The number of carboxylic acids is 1. The summed E-state index contributed by atoms with van der Waals surface area (Å²) in [6.07, 6.45) is 5.58. The first-order chi connectivity index (χ1) is 9.06. The summed E-state index contributed by atoms with van der Waals surface area (Å²) >= 11 is 0. The van der Waals surface area contributed by atoms with Crippen molar-refractivity contribution in [2.45, 2.75) is 46.5 Å². The van der Waals surface area contributed by atoms with E-state index in [1.54, 1.807) is 0 Å². The SMILES string of the molecule is C=Cc1ccccc1C.CCCCC(CC)C(=O)O. The molecule has 0 aromatic heterocycles. The van der Waals surface area contributed by atoms with Gasteiger partial charge in [0.2, 0.25) is 0 Å². The minimum atomic E-state index is -0.643. The van der Waals surface area contributed by atoms with Crippen LogP contribution >= 0.6 is 0 Å². The number of benzene rings is 1. The van der Waals surface area contributed by atoms with Crippen LogP contribution in [-0.4, -0.2) is 11.1 Å². The lowest BCUT2D eigenvalue weighted by Gasteiger charge is -2.06. The third kappa shape index (κ3) is 7.45. The number of hydrogen-bond donors (Lipinski definition) is 1. The van der Waals surface area contributed by atoms with Gasteiger partial charge in [-0.1, -0.05) is 63.6 Å². The molecule has 2 nitrogen and oxygen atoms in total. The van der Waals surface area contributed by atoms with Crippen molar-refractivity contribution in [3.63, 3.8) is 0 Å². The summed E-state index contributed by atoms with van der Waals surface area (Å²) in [5.74, 6) is -0.754. The lowest BCUT2D eigenvalue weighted by atomic mass is 10.00. The smallest absolute Gasteiger partial charge is 0.306 e. The number of aliphatic carboxylic acids is 1. The Kier molecular flexibility index (Phi) is 9.51. The summed E-state index contributed by atoms with van der Waals surface area (Å²) in [6.45, 7) is 9.78. The molecule has 1 unspecified atom stereocenters. The topological polar surface area (TPSA) is 37.3 Å². The zero-order valence-corrected chi connectivity index (χ0v) is 12.4. The van der Waals surface area contributed by atoms with E-state index in [9.17, 15) is 4.79 Å². The van der Waals surface area contributed by atoms with E-state index >= 15 is 0 Å². The van der Waals surface area contributed by atoms with Crippen LogP contribution in [0.2, 0.25) is 0 Å². The van der Waals surface area contributed by atoms with E-state index in [1.165, 1.54) is 11.1 Å². The summed E-state index contributed by atoms with van der Waals surface area (Å²) in [5, 5.41) is 8.60. The predicted octanol–water partition coefficient (Wildman–Crippen LogP) is 4.93. The number of carboxylic acid groups (broad SMARTS) is 1. The molecule has 0 saturated carbocycles. The van der Waals surface area contributed by atoms with Gasteiger partial charge in [0.15, 0.2) is 0 Å². The van der Waals surface area contributed by atoms with Crippen LogP contribution < -0.4 is 0 Å². The van der Waals surface area contributed by atoms with E-state index in [2.05, 4.69) is 32.6 Å². The van der Waals surface area contributed by atoms with Gasteiger partial charge in [-0.2, -0.15) is 0 Å². The summed E-state index contributed by atoms with van der Waals surface area (Å²) in [6, 6.07) is 8.19. The first kappa shape index (κ1) is 17.4. The second-order valence-corrected chi connectivity index (χ2v) is 4.65. The van der Waals surface area contributed by atoms with Crippen molar-refractivity contribution in [2.75, 3.05) is 0 Å². The molecule has 0 fully saturated rings. The van der Waals surface area contributed by atoms with E-state index in [-0.39, 0.29) is 5.92 Å². The van der Waals surface area contributed by atoms with Gasteiger partial charge in [0.25, 0.3) is 0 Å². The van der Waals surface area contributed by atoms with Gasteiger partial charge in [-0.05, 0) is 30.9 Å². The molecule has 1 N–H and O–H groups in total. The molecule has 0 saturated heterocycles. The van der Waals surface area contributed by atoms with Gasteiger partial charge in [-0.3, -0.25) is 4.79 Å². The number of hydrogen-bond acceptors (Lipinski definition) is 1. The normalized spacial score (nSPS) is 11.1. The monoisotopic (exact) mass is 262 g/mol. The standard InChI is InChI=1S/C9H10.C8H16O2/c1-3-9-7-5-4-6-8(9)2;1-3-5-6-7(4-2)8(9)10/h3-7H,1H2,2H3;7H,3-6H2,1-2H3,(H,9,10). The average Bonchev–Trinajstić information content (AvgIpc) is 2.40. The molecule has 1 aromatic rings. The Morgan fingerprint density at radius 3 is 2.37 bits per heavy atom. The van der Waals surface area contributed by atoms with Crippen LogP contribution in [0.5, 0.6) is 0 Å². The second kappa shape index (κ2) is 10.4. The fourth-order valence-electron chi connectivity index (χ4n) is 1.77. The lowest BCUT2D eigenvalue weighted by Crippen LogP contribution is -2.11. The maximum Gasteiger partial charge on any atom is 0.306 e. The zero-order chi connectivity index (χ0) is 14.7. The fourth-order valence-corrected chi connectivity index (χ4v) is 1.77. The molecule has 2 heteroatoms. The molecule has 0 amide bonds. The highest BCUT2D eigenvalue weighted by Gasteiger charge is 2.12. The molecule has 1 atom stereocenters. The molecule has 0 heterocycles. The van der Waals surface area contributed by atoms with Crippen molar-refractivity contribution < 1.29 is 9.90 Å². The predicted molar refractivity (Wildman–Crippen MR) is 82.2 cm³/mol. The average molecular weight is 262 g/mol. The molecule has 0 bridgehead atoms. The van der Waals surface area contributed by atoms with Gasteiger partial charge in [0.1, 0.15) is 0 Å². The first-order valence-corrected chi connectivity index (χ1v) is 6.97. The molecular weight excluding hydrogens is 236 g/mol. The minimum Gasteiger partial charge on any atom is -0.481 e. The van der Waals surface area contributed by atoms with Gasteiger partial charge >= 0.3 is 5.97 Å². The van der Waals surface area contributed by atoms with Crippen molar-refractivity contribution in [2.24, 2.45) is 5.92 Å². The maximum absolute atomic E-state index is 10.4. The Hall–Kier alpha value is -1.57. The third-order valence-corrected chi connectivity index (χ3v) is 3.16. The molecule has 0 aliphatic rings. The Labute approximate surface area is 117 Å². The quantitative estimate of drug-likeness (QED) is 0.789. The number of unbranched alkanes of at least 4 members (excludes halogenated alkanes) is 1. The largest absolute Gasteiger partial charge is 0.481 e. The molecule has 0 aliphatic carbocycles. The van der Waals surface area contributed by atoms with E-state index in [0.717, 1.165) is 25.7 Å². The van der Waals surface area contributed by atoms with Gasteiger partial charge in [0.05, 0.1) is 5.92 Å². The summed E-state index contributed by atoms with van der Waals surface area (Å²) in [7, 11) is 0. The van der Waals surface area contributed by atoms with Crippen LogP contribution in [0.25, 0.3) is 6.08 Å². The highest BCUT2D eigenvalue weighted by atomic mass is 16.4. The van der Waals surface area contributed by atoms with Crippen LogP contribution in [0.3, 0.4) is 0 Å². The van der Waals surface area contributed by atoms with Crippen LogP contribution in [0.15, 0.2) is 30.8 Å². The van der Waals surface area contributed by atoms with Gasteiger partial charge in [0, 0.05) is 0 Å². The van der Waals surface area contributed by atoms with E-state index < -0.39 is 5.97 Å². The Bertz CT molecular complexity index is 383. The van der Waals surface area contributed by atoms with Crippen molar-refractivity contribution in [3.8, 4) is 0 Å². The lowest BCUT2D eigenvalue weighted by molar-refractivity contribution is -0.142. The van der Waals surface area contributed by atoms with Crippen LogP contribution in [0.4, 0.5) is 0 Å². The molecule has 19 heavy (non-hydrogen) atoms. The molecule has 0 spiro atoms. The van der Waals surface area contributed by atoms with Crippen molar-refractivity contribution >= 4 is 12.0 Å². The number of aryl methyl sites for hydroxylation is 1. The summed E-state index contributed by atoms with van der Waals surface area (Å²) in [5.41, 5.74) is 2.50. The number of carbonyl (C=O) groups is 1. The van der Waals surface area contributed by atoms with E-state index in [0.29, 0.717) is 0 Å². The van der Waals surface area contributed by atoms with E-state index in [1.807, 2.05) is 25.1 Å². The molecular formula is C17H26O2. The minimum absolute atomic E-state index is 0.111. The Morgan fingerprint density at radius 1 is 1.37 bits per heavy atom. The van der Waals surface area contributed by atoms with Crippen LogP contribution in [-0.2, 0) is 4.79 Å². The zero-order valence-electron chi connectivity index (χ0n) is 12.4. The van der Waals surface area contributed by atoms with Crippen molar-refractivity contribution in [1.82, 2.24) is 0 Å². The molecule has 0 aliphatic heterocycles. The van der Waals surface area contributed by atoms with E-state index in [4.69, 9.17) is 5.11 Å². The van der Waals surface area contributed by atoms with Gasteiger partial charge in [-0.15, -0.1) is 0 Å². The third-order valence-electron chi connectivity index (χ3n) is 3.16. The van der Waals surface area contributed by atoms with Crippen LogP contribution in [0, 0.1) is 12.8 Å². The van der Waals surface area contributed by atoms with Crippen molar-refractivity contribution in [1.29, 1.82) is 0 Å².